The molecule has 28 heavy (non-hydrogen) atoms. The van der Waals surface area contributed by atoms with E-state index in [1.54, 1.807) is 27.8 Å². The minimum Gasteiger partial charge on any atom is -0.444 e. The normalized spacial score (nSPS) is 15.2. The Kier molecular flexibility index (Phi) is 5.81. The van der Waals surface area contributed by atoms with Crippen LogP contribution >= 0.6 is 11.6 Å². The molecule has 8 nitrogen and oxygen atoms in total. The first-order chi connectivity index (χ1) is 13.2. The van der Waals surface area contributed by atoms with Gasteiger partial charge >= 0.3 is 6.09 Å². The second-order valence-corrected chi connectivity index (χ2v) is 8.15. The van der Waals surface area contributed by atoms with Gasteiger partial charge in [-0.1, -0.05) is 17.7 Å². The van der Waals surface area contributed by atoms with Gasteiger partial charge in [0.1, 0.15) is 11.4 Å². The Morgan fingerprint density at radius 2 is 1.93 bits per heavy atom. The third-order valence-electron chi connectivity index (χ3n) is 4.45. The number of nitrogens with two attached hydrogens (primary N) is 1. The SMILES string of the molecule is CC(C)(C)OC(=O)N1CCN(n2c(CCN)nc3cccc(Cl)c3c2=O)CC1. The summed E-state index contributed by atoms with van der Waals surface area (Å²) in [4.78, 5) is 31.7. The van der Waals surface area contributed by atoms with Crippen molar-refractivity contribution < 1.29 is 9.53 Å². The predicted molar refractivity (Wildman–Crippen MR) is 110 cm³/mol. The van der Waals surface area contributed by atoms with Gasteiger partial charge in [-0.2, -0.15) is 0 Å². The second kappa shape index (κ2) is 7.97. The molecule has 3 rings (SSSR count). The number of amides is 1. The van der Waals surface area contributed by atoms with E-state index in [9.17, 15) is 9.59 Å². The monoisotopic (exact) mass is 407 g/mol. The van der Waals surface area contributed by atoms with Crippen LogP contribution in [0.1, 0.15) is 26.6 Å². The molecule has 0 spiro atoms. The number of hydrogen-bond donors (Lipinski definition) is 1. The van der Waals surface area contributed by atoms with E-state index in [2.05, 4.69) is 4.98 Å². The van der Waals surface area contributed by atoms with E-state index in [0.29, 0.717) is 60.9 Å². The number of nitrogens with zero attached hydrogens (tertiary/aromatic N) is 4. The van der Waals surface area contributed by atoms with Gasteiger partial charge in [0.05, 0.1) is 29.0 Å². The molecule has 2 N–H and O–H groups in total. The smallest absolute Gasteiger partial charge is 0.410 e. The molecule has 152 valence electrons. The number of benzene rings is 1. The van der Waals surface area contributed by atoms with Crippen LogP contribution in [-0.4, -0.2) is 59.0 Å². The molecule has 9 heteroatoms. The van der Waals surface area contributed by atoms with Crippen molar-refractivity contribution in [3.63, 3.8) is 0 Å². The summed E-state index contributed by atoms with van der Waals surface area (Å²) in [6.07, 6.45) is 0.116. The standard InChI is InChI=1S/C19H26ClN5O3/c1-19(2,3)28-18(27)23-9-11-24(12-10-23)25-15(7-8-21)22-14-6-4-5-13(20)16(14)17(25)26/h4-6H,7-12,21H2,1-3H3. The number of halogens is 1. The highest BCUT2D eigenvalue weighted by Gasteiger charge is 2.27. The largest absolute Gasteiger partial charge is 0.444 e. The van der Waals surface area contributed by atoms with Crippen molar-refractivity contribution >= 4 is 28.6 Å². The Balaban J connectivity index is 1.89. The summed E-state index contributed by atoms with van der Waals surface area (Å²) < 4.78 is 6.99. The molecule has 0 unspecified atom stereocenters. The highest BCUT2D eigenvalue weighted by Crippen LogP contribution is 2.19. The fraction of sp³-hybridized carbons (Fsp3) is 0.526. The summed E-state index contributed by atoms with van der Waals surface area (Å²) in [5.41, 5.74) is 5.53. The molecule has 0 aliphatic carbocycles. The van der Waals surface area contributed by atoms with Crippen molar-refractivity contribution in [1.29, 1.82) is 0 Å². The van der Waals surface area contributed by atoms with Gasteiger partial charge in [0.15, 0.2) is 0 Å². The lowest BCUT2D eigenvalue weighted by atomic mass is 10.2. The zero-order valence-corrected chi connectivity index (χ0v) is 17.2. The maximum Gasteiger partial charge on any atom is 0.410 e. The molecule has 1 amide bonds. The van der Waals surface area contributed by atoms with Crippen LogP contribution in [0.4, 0.5) is 4.79 Å². The van der Waals surface area contributed by atoms with Crippen LogP contribution in [0, 0.1) is 0 Å². The Morgan fingerprint density at radius 1 is 1.25 bits per heavy atom. The van der Waals surface area contributed by atoms with E-state index >= 15 is 0 Å². The Labute approximate surface area is 168 Å². The predicted octanol–water partition coefficient (Wildman–Crippen LogP) is 1.74. The van der Waals surface area contributed by atoms with Crippen molar-refractivity contribution in [1.82, 2.24) is 14.6 Å². The number of ether oxygens (including phenoxy) is 1. The zero-order chi connectivity index (χ0) is 20.5. The van der Waals surface area contributed by atoms with Crippen LogP contribution in [0.15, 0.2) is 23.0 Å². The van der Waals surface area contributed by atoms with E-state index in [0.717, 1.165) is 0 Å². The van der Waals surface area contributed by atoms with Crippen molar-refractivity contribution in [2.24, 2.45) is 5.73 Å². The first-order valence-electron chi connectivity index (χ1n) is 9.34. The van der Waals surface area contributed by atoms with Gasteiger partial charge < -0.3 is 20.4 Å². The number of aromatic nitrogens is 2. The number of piperazine rings is 1. The Hall–Kier alpha value is -2.32. The fourth-order valence-corrected chi connectivity index (χ4v) is 3.47. The minimum atomic E-state index is -0.543. The number of fused-ring (bicyclic) bond motifs is 1. The van der Waals surface area contributed by atoms with E-state index in [1.807, 2.05) is 25.8 Å². The van der Waals surface area contributed by atoms with Crippen LogP contribution in [0.25, 0.3) is 10.9 Å². The minimum absolute atomic E-state index is 0.218. The summed E-state index contributed by atoms with van der Waals surface area (Å²) in [5.74, 6) is 0.591. The summed E-state index contributed by atoms with van der Waals surface area (Å²) >= 11 is 6.26. The number of hydrogen-bond acceptors (Lipinski definition) is 6. The highest BCUT2D eigenvalue weighted by molar-refractivity contribution is 6.35. The van der Waals surface area contributed by atoms with Gasteiger partial charge in [0.2, 0.25) is 0 Å². The van der Waals surface area contributed by atoms with E-state index in [4.69, 9.17) is 22.1 Å². The van der Waals surface area contributed by atoms with Gasteiger partial charge in [0, 0.05) is 19.5 Å². The molecule has 1 saturated heterocycles. The van der Waals surface area contributed by atoms with Gasteiger partial charge in [-0.05, 0) is 39.4 Å². The maximum absolute atomic E-state index is 13.2. The topological polar surface area (TPSA) is 93.7 Å². The molecule has 1 aliphatic heterocycles. The van der Waals surface area contributed by atoms with Gasteiger partial charge in [-0.15, -0.1) is 0 Å². The van der Waals surface area contributed by atoms with Crippen molar-refractivity contribution in [2.45, 2.75) is 32.8 Å². The van der Waals surface area contributed by atoms with Crippen molar-refractivity contribution in [3.8, 4) is 0 Å². The third kappa shape index (κ3) is 4.23. The number of carbonyl (C=O) groups excluding carboxylic acids is 1. The quantitative estimate of drug-likeness (QED) is 0.832. The average Bonchev–Trinajstić information content (AvgIpc) is 2.61. The molecule has 0 atom stereocenters. The maximum atomic E-state index is 13.2. The average molecular weight is 408 g/mol. The van der Waals surface area contributed by atoms with Crippen molar-refractivity contribution in [2.75, 3.05) is 37.7 Å². The van der Waals surface area contributed by atoms with Gasteiger partial charge in [0.25, 0.3) is 5.56 Å². The molecular weight excluding hydrogens is 382 g/mol. The molecule has 2 aromatic rings. The number of carbonyl (C=O) groups is 1. The molecular formula is C19H26ClN5O3. The molecule has 2 heterocycles. The van der Waals surface area contributed by atoms with Crippen LogP contribution in [0.5, 0.6) is 0 Å². The Morgan fingerprint density at radius 3 is 2.54 bits per heavy atom. The summed E-state index contributed by atoms with van der Waals surface area (Å²) in [7, 11) is 0. The summed E-state index contributed by atoms with van der Waals surface area (Å²) in [5, 5.41) is 2.65. The fourth-order valence-electron chi connectivity index (χ4n) is 3.21. The molecule has 1 aliphatic rings. The first-order valence-corrected chi connectivity index (χ1v) is 9.72. The first kappa shape index (κ1) is 20.4. The molecule has 1 aromatic heterocycles. The van der Waals surface area contributed by atoms with E-state index in [1.165, 1.54) is 0 Å². The van der Waals surface area contributed by atoms with Crippen LogP contribution in [0.2, 0.25) is 5.02 Å². The second-order valence-electron chi connectivity index (χ2n) is 7.74. The lowest BCUT2D eigenvalue weighted by Gasteiger charge is -2.37. The lowest BCUT2D eigenvalue weighted by Crippen LogP contribution is -2.56. The van der Waals surface area contributed by atoms with Crippen LogP contribution < -0.4 is 16.3 Å². The van der Waals surface area contributed by atoms with E-state index < -0.39 is 5.60 Å². The molecule has 0 saturated carbocycles. The molecule has 1 fully saturated rings. The summed E-state index contributed by atoms with van der Waals surface area (Å²) in [6, 6.07) is 5.22. The number of rotatable bonds is 3. The summed E-state index contributed by atoms with van der Waals surface area (Å²) in [6.45, 7) is 7.74. The zero-order valence-electron chi connectivity index (χ0n) is 16.4. The van der Waals surface area contributed by atoms with Crippen LogP contribution in [-0.2, 0) is 11.2 Å². The highest BCUT2D eigenvalue weighted by atomic mass is 35.5. The lowest BCUT2D eigenvalue weighted by molar-refractivity contribution is 0.0231. The molecule has 1 aromatic carbocycles. The van der Waals surface area contributed by atoms with Gasteiger partial charge in [-0.25, -0.2) is 14.5 Å². The molecule has 0 radical (unpaired) electrons. The third-order valence-corrected chi connectivity index (χ3v) is 4.77. The molecule has 0 bridgehead atoms. The van der Waals surface area contributed by atoms with Crippen molar-refractivity contribution in [3.05, 3.63) is 39.4 Å². The Bertz CT molecular complexity index is 930. The van der Waals surface area contributed by atoms with Crippen LogP contribution in [0.3, 0.4) is 0 Å². The van der Waals surface area contributed by atoms with E-state index in [-0.39, 0.29) is 11.7 Å². The van der Waals surface area contributed by atoms with Gasteiger partial charge in [-0.3, -0.25) is 4.79 Å².